The third kappa shape index (κ3) is 6.87. The number of rotatable bonds is 6. The number of nitrogens with zero attached hydrogens (tertiary/aromatic N) is 1. The number of amides is 1. The summed E-state index contributed by atoms with van der Waals surface area (Å²) in [6.45, 7) is 11.3. The summed E-state index contributed by atoms with van der Waals surface area (Å²) < 4.78 is 19.1. The number of hydrogen-bond acceptors (Lipinski definition) is 3. The summed E-state index contributed by atoms with van der Waals surface area (Å²) in [5.74, 6) is -0.275. The maximum Gasteiger partial charge on any atom is 0.410 e. The molecule has 0 aliphatic carbocycles. The van der Waals surface area contributed by atoms with Gasteiger partial charge in [-0.3, -0.25) is 0 Å². The summed E-state index contributed by atoms with van der Waals surface area (Å²) in [6, 6.07) is 5.02. The highest BCUT2D eigenvalue weighted by Crippen LogP contribution is 2.21. The summed E-state index contributed by atoms with van der Waals surface area (Å²) in [6.07, 6.45) is -0.307. The molecule has 0 aliphatic heterocycles. The number of carbonyl (C=O) groups excluding carboxylic acids is 1. The Morgan fingerprint density at radius 3 is 2.61 bits per heavy atom. The van der Waals surface area contributed by atoms with E-state index in [1.165, 1.54) is 6.07 Å². The van der Waals surface area contributed by atoms with E-state index in [-0.39, 0.29) is 18.0 Å². The summed E-state index contributed by atoms with van der Waals surface area (Å²) in [5.41, 5.74) is 0.490. The van der Waals surface area contributed by atoms with Crippen LogP contribution in [0.1, 0.15) is 46.2 Å². The average Bonchev–Trinajstić information content (AvgIpc) is 2.44. The van der Waals surface area contributed by atoms with Crippen LogP contribution in [0.5, 0.6) is 0 Å². The highest BCUT2D eigenvalue weighted by atomic mass is 79.9. The molecule has 4 nitrogen and oxygen atoms in total. The molecule has 0 bridgehead atoms. The molecule has 0 heterocycles. The molecule has 0 fully saturated rings. The highest BCUT2D eigenvalue weighted by Gasteiger charge is 2.20. The minimum Gasteiger partial charge on any atom is -0.444 e. The second-order valence-corrected chi connectivity index (χ2v) is 7.26. The van der Waals surface area contributed by atoms with Gasteiger partial charge in [-0.2, -0.15) is 0 Å². The molecule has 0 saturated carbocycles. The van der Waals surface area contributed by atoms with Gasteiger partial charge in [0.15, 0.2) is 0 Å². The quantitative estimate of drug-likeness (QED) is 0.779. The van der Waals surface area contributed by atoms with Gasteiger partial charge in [0.05, 0.1) is 4.47 Å². The van der Waals surface area contributed by atoms with Crippen LogP contribution in [-0.4, -0.2) is 36.2 Å². The van der Waals surface area contributed by atoms with Crippen molar-refractivity contribution in [1.82, 2.24) is 10.2 Å². The zero-order chi connectivity index (χ0) is 17.6. The first-order chi connectivity index (χ1) is 10.6. The van der Waals surface area contributed by atoms with Crippen molar-refractivity contribution in [1.29, 1.82) is 0 Å². The SMILES string of the molecule is CCN(CCNC(C)c1ccc(F)c(Br)c1)C(=O)OC(C)(C)C. The van der Waals surface area contributed by atoms with E-state index < -0.39 is 5.60 Å². The van der Waals surface area contributed by atoms with Gasteiger partial charge in [0.1, 0.15) is 11.4 Å². The summed E-state index contributed by atoms with van der Waals surface area (Å²) in [7, 11) is 0. The zero-order valence-electron chi connectivity index (χ0n) is 14.5. The molecule has 1 N–H and O–H groups in total. The molecule has 1 amide bonds. The van der Waals surface area contributed by atoms with Gasteiger partial charge in [-0.05, 0) is 68.2 Å². The Kier molecular flexibility index (Phi) is 7.48. The van der Waals surface area contributed by atoms with Gasteiger partial charge in [-0.1, -0.05) is 6.07 Å². The molecule has 0 radical (unpaired) electrons. The van der Waals surface area contributed by atoms with E-state index in [9.17, 15) is 9.18 Å². The van der Waals surface area contributed by atoms with E-state index in [0.717, 1.165) is 5.56 Å². The highest BCUT2D eigenvalue weighted by molar-refractivity contribution is 9.10. The second kappa shape index (κ2) is 8.64. The monoisotopic (exact) mass is 388 g/mol. The summed E-state index contributed by atoms with van der Waals surface area (Å²) >= 11 is 3.19. The molecule has 1 aromatic carbocycles. The van der Waals surface area contributed by atoms with Crippen molar-refractivity contribution >= 4 is 22.0 Å². The van der Waals surface area contributed by atoms with E-state index >= 15 is 0 Å². The first kappa shape index (κ1) is 19.9. The van der Waals surface area contributed by atoms with Gasteiger partial charge < -0.3 is 15.0 Å². The molecule has 0 aromatic heterocycles. The number of carbonyl (C=O) groups is 1. The van der Waals surface area contributed by atoms with Crippen LogP contribution in [0.4, 0.5) is 9.18 Å². The van der Waals surface area contributed by atoms with Gasteiger partial charge in [0.25, 0.3) is 0 Å². The van der Waals surface area contributed by atoms with Crippen molar-refractivity contribution in [3.63, 3.8) is 0 Å². The Balaban J connectivity index is 2.50. The predicted molar refractivity (Wildman–Crippen MR) is 94.0 cm³/mol. The van der Waals surface area contributed by atoms with Crippen LogP contribution in [0.2, 0.25) is 0 Å². The van der Waals surface area contributed by atoms with Crippen LogP contribution in [0, 0.1) is 5.82 Å². The van der Waals surface area contributed by atoms with Gasteiger partial charge >= 0.3 is 6.09 Å². The molecule has 1 atom stereocenters. The van der Waals surface area contributed by atoms with E-state index in [1.807, 2.05) is 34.6 Å². The molecule has 0 aliphatic rings. The third-order valence-electron chi connectivity index (χ3n) is 3.31. The van der Waals surface area contributed by atoms with Gasteiger partial charge in [-0.25, -0.2) is 9.18 Å². The summed E-state index contributed by atoms with van der Waals surface area (Å²) in [5, 5.41) is 3.34. The van der Waals surface area contributed by atoms with Gasteiger partial charge in [-0.15, -0.1) is 0 Å². The fourth-order valence-corrected chi connectivity index (χ4v) is 2.42. The van der Waals surface area contributed by atoms with Crippen molar-refractivity contribution in [3.05, 3.63) is 34.1 Å². The predicted octanol–water partition coefficient (Wildman–Crippen LogP) is 4.50. The Morgan fingerprint density at radius 1 is 1.43 bits per heavy atom. The maximum absolute atomic E-state index is 13.3. The third-order valence-corrected chi connectivity index (χ3v) is 3.92. The van der Waals surface area contributed by atoms with Crippen molar-refractivity contribution in [2.75, 3.05) is 19.6 Å². The molecule has 23 heavy (non-hydrogen) atoms. The number of halogens is 2. The lowest BCUT2D eigenvalue weighted by Crippen LogP contribution is -2.40. The first-order valence-corrected chi connectivity index (χ1v) is 8.59. The largest absolute Gasteiger partial charge is 0.444 e. The molecule has 130 valence electrons. The lowest BCUT2D eigenvalue weighted by Gasteiger charge is -2.27. The molecule has 1 unspecified atom stereocenters. The Hall–Kier alpha value is -1.14. The number of likely N-dealkylation sites (N-methyl/N-ethyl adjacent to an activating group) is 1. The fourth-order valence-electron chi connectivity index (χ4n) is 2.02. The minimum atomic E-state index is -0.494. The number of nitrogens with one attached hydrogen (secondary N) is 1. The zero-order valence-corrected chi connectivity index (χ0v) is 16.0. The second-order valence-electron chi connectivity index (χ2n) is 6.41. The molecule has 0 spiro atoms. The van der Waals surface area contributed by atoms with Crippen molar-refractivity contribution in [2.45, 2.75) is 46.3 Å². The smallest absolute Gasteiger partial charge is 0.410 e. The van der Waals surface area contributed by atoms with E-state index in [2.05, 4.69) is 21.2 Å². The Morgan fingerprint density at radius 2 is 2.09 bits per heavy atom. The van der Waals surface area contributed by atoms with Crippen molar-refractivity contribution in [2.24, 2.45) is 0 Å². The summed E-state index contributed by atoms with van der Waals surface area (Å²) in [4.78, 5) is 13.7. The van der Waals surface area contributed by atoms with Crippen LogP contribution in [0.15, 0.2) is 22.7 Å². The molecular weight excluding hydrogens is 363 g/mol. The minimum absolute atomic E-state index is 0.0595. The van der Waals surface area contributed by atoms with E-state index in [1.54, 1.807) is 17.0 Å². The van der Waals surface area contributed by atoms with Gasteiger partial charge in [0.2, 0.25) is 0 Å². The lowest BCUT2D eigenvalue weighted by atomic mass is 10.1. The number of benzene rings is 1. The Bertz CT molecular complexity index is 532. The lowest BCUT2D eigenvalue weighted by molar-refractivity contribution is 0.0261. The van der Waals surface area contributed by atoms with E-state index in [0.29, 0.717) is 24.1 Å². The first-order valence-electron chi connectivity index (χ1n) is 7.80. The number of hydrogen-bond donors (Lipinski definition) is 1. The normalized spacial score (nSPS) is 12.8. The molecule has 6 heteroatoms. The van der Waals surface area contributed by atoms with Crippen LogP contribution < -0.4 is 5.32 Å². The van der Waals surface area contributed by atoms with Crippen molar-refractivity contribution < 1.29 is 13.9 Å². The topological polar surface area (TPSA) is 41.6 Å². The van der Waals surface area contributed by atoms with Crippen LogP contribution in [-0.2, 0) is 4.74 Å². The van der Waals surface area contributed by atoms with Crippen LogP contribution in [0.25, 0.3) is 0 Å². The number of ether oxygens (including phenoxy) is 1. The maximum atomic E-state index is 13.3. The van der Waals surface area contributed by atoms with Crippen LogP contribution in [0.3, 0.4) is 0 Å². The van der Waals surface area contributed by atoms with E-state index in [4.69, 9.17) is 4.74 Å². The van der Waals surface area contributed by atoms with Gasteiger partial charge in [0, 0.05) is 25.7 Å². The molecule has 0 saturated heterocycles. The molecule has 1 rings (SSSR count). The van der Waals surface area contributed by atoms with Crippen LogP contribution >= 0.6 is 15.9 Å². The molecule has 1 aromatic rings. The standard InChI is InChI=1S/C17H26BrFN2O2/c1-6-21(16(22)23-17(3,4)5)10-9-20-12(2)13-7-8-15(19)14(18)11-13/h7-8,11-12,20H,6,9-10H2,1-5H3. The van der Waals surface area contributed by atoms with Crippen molar-refractivity contribution in [3.8, 4) is 0 Å². The average molecular weight is 389 g/mol. The fraction of sp³-hybridized carbons (Fsp3) is 0.588. The Labute approximate surface area is 146 Å². The molecular formula is C17H26BrFN2O2.